The molecule has 0 spiro atoms. The Morgan fingerprint density at radius 1 is 1.19 bits per heavy atom. The summed E-state index contributed by atoms with van der Waals surface area (Å²) in [4.78, 5) is 0. The van der Waals surface area contributed by atoms with Crippen LogP contribution in [0.3, 0.4) is 0 Å². The number of benzene rings is 1. The van der Waals surface area contributed by atoms with Crippen molar-refractivity contribution in [2.24, 2.45) is 11.7 Å². The minimum absolute atomic E-state index is 0.104. The van der Waals surface area contributed by atoms with Gasteiger partial charge in [-0.25, -0.2) is 0 Å². The second-order valence-electron chi connectivity index (χ2n) is 5.71. The highest BCUT2D eigenvalue weighted by Gasteiger charge is 2.30. The zero-order chi connectivity index (χ0) is 14.7. The summed E-state index contributed by atoms with van der Waals surface area (Å²) in [6, 6.07) is 5.81. The summed E-state index contributed by atoms with van der Waals surface area (Å²) in [5.74, 6) is 1.55. The van der Waals surface area contributed by atoms with Crippen LogP contribution < -0.4 is 15.2 Å². The molecule has 21 heavy (non-hydrogen) atoms. The molecule has 116 valence electrons. The van der Waals surface area contributed by atoms with Crippen LogP contribution in [0.2, 0.25) is 0 Å². The molecular weight excluding hydrogens is 270 g/mol. The van der Waals surface area contributed by atoms with Crippen molar-refractivity contribution in [2.45, 2.75) is 24.9 Å². The maximum Gasteiger partial charge on any atom is 0.161 e. The first-order valence-electron chi connectivity index (χ1n) is 7.65. The van der Waals surface area contributed by atoms with Crippen molar-refractivity contribution in [3.05, 3.63) is 23.8 Å². The monoisotopic (exact) mass is 293 g/mol. The van der Waals surface area contributed by atoms with E-state index >= 15 is 0 Å². The van der Waals surface area contributed by atoms with Crippen LogP contribution in [0.5, 0.6) is 11.5 Å². The Morgan fingerprint density at radius 2 is 2.00 bits per heavy atom. The molecule has 1 fully saturated rings. The summed E-state index contributed by atoms with van der Waals surface area (Å²) in [6.07, 6.45) is 1.50. The molecule has 3 N–H and O–H groups in total. The van der Waals surface area contributed by atoms with E-state index in [2.05, 4.69) is 0 Å². The average molecular weight is 293 g/mol. The number of aliphatic hydroxyl groups is 1. The highest BCUT2D eigenvalue weighted by atomic mass is 16.6. The van der Waals surface area contributed by atoms with Gasteiger partial charge >= 0.3 is 0 Å². The quantitative estimate of drug-likeness (QED) is 0.875. The lowest BCUT2D eigenvalue weighted by molar-refractivity contribution is -0.0185. The zero-order valence-electron chi connectivity index (χ0n) is 12.2. The maximum absolute atomic E-state index is 10.7. The summed E-state index contributed by atoms with van der Waals surface area (Å²) in [7, 11) is 0. The van der Waals surface area contributed by atoms with Gasteiger partial charge in [0.1, 0.15) is 13.2 Å². The number of rotatable bonds is 4. The minimum atomic E-state index is -0.488. The van der Waals surface area contributed by atoms with Crippen molar-refractivity contribution in [1.29, 1.82) is 0 Å². The second kappa shape index (κ2) is 6.64. The molecule has 1 aromatic carbocycles. The SMILES string of the molecule is NCC(c1ccc2c(c1)OCCO2)C(O)C1CCCOC1. The topological polar surface area (TPSA) is 73.9 Å². The number of hydrogen-bond donors (Lipinski definition) is 2. The van der Waals surface area contributed by atoms with Gasteiger partial charge < -0.3 is 25.1 Å². The Bertz CT molecular complexity index is 473. The van der Waals surface area contributed by atoms with Crippen molar-refractivity contribution in [2.75, 3.05) is 33.0 Å². The van der Waals surface area contributed by atoms with Gasteiger partial charge in [0, 0.05) is 25.0 Å². The molecule has 5 heteroatoms. The van der Waals surface area contributed by atoms with Crippen LogP contribution in [0.15, 0.2) is 18.2 Å². The van der Waals surface area contributed by atoms with E-state index in [-0.39, 0.29) is 11.8 Å². The average Bonchev–Trinajstić information content (AvgIpc) is 2.56. The number of nitrogens with two attached hydrogens (primary N) is 1. The van der Waals surface area contributed by atoms with Crippen LogP contribution in [0, 0.1) is 5.92 Å². The molecular formula is C16H23NO4. The predicted octanol–water partition coefficient (Wildman–Crippen LogP) is 1.29. The lowest BCUT2D eigenvalue weighted by atomic mass is 9.83. The third kappa shape index (κ3) is 3.15. The van der Waals surface area contributed by atoms with Crippen molar-refractivity contribution >= 4 is 0 Å². The van der Waals surface area contributed by atoms with Gasteiger partial charge in [-0.15, -0.1) is 0 Å². The number of aliphatic hydroxyl groups excluding tert-OH is 1. The molecule has 3 atom stereocenters. The fourth-order valence-electron chi connectivity index (χ4n) is 3.13. The third-order valence-corrected chi connectivity index (χ3v) is 4.34. The molecule has 3 rings (SSSR count). The molecule has 0 saturated carbocycles. The van der Waals surface area contributed by atoms with Crippen molar-refractivity contribution < 1.29 is 19.3 Å². The molecule has 5 nitrogen and oxygen atoms in total. The number of ether oxygens (including phenoxy) is 3. The predicted molar refractivity (Wildman–Crippen MR) is 78.8 cm³/mol. The first-order chi connectivity index (χ1) is 10.3. The van der Waals surface area contributed by atoms with Crippen LogP contribution in [0.4, 0.5) is 0 Å². The van der Waals surface area contributed by atoms with Gasteiger partial charge in [0.05, 0.1) is 12.7 Å². The molecule has 0 bridgehead atoms. The van der Waals surface area contributed by atoms with Gasteiger partial charge in [0.15, 0.2) is 11.5 Å². The smallest absolute Gasteiger partial charge is 0.161 e. The molecule has 0 aromatic heterocycles. The van der Waals surface area contributed by atoms with Crippen LogP contribution >= 0.6 is 0 Å². The Morgan fingerprint density at radius 3 is 2.71 bits per heavy atom. The highest BCUT2D eigenvalue weighted by Crippen LogP contribution is 2.35. The summed E-state index contributed by atoms with van der Waals surface area (Å²) < 4.78 is 16.6. The Hall–Kier alpha value is -1.30. The Balaban J connectivity index is 1.78. The van der Waals surface area contributed by atoms with E-state index in [9.17, 15) is 5.11 Å². The Kier molecular flexibility index (Phi) is 4.63. The first-order valence-corrected chi connectivity index (χ1v) is 7.65. The lowest BCUT2D eigenvalue weighted by Crippen LogP contribution is -2.36. The van der Waals surface area contributed by atoms with E-state index in [1.165, 1.54) is 0 Å². The van der Waals surface area contributed by atoms with E-state index in [1.807, 2.05) is 18.2 Å². The molecule has 0 aliphatic carbocycles. The van der Waals surface area contributed by atoms with Crippen LogP contribution in [0.1, 0.15) is 24.3 Å². The van der Waals surface area contributed by atoms with Gasteiger partial charge in [-0.05, 0) is 30.5 Å². The molecule has 2 heterocycles. The van der Waals surface area contributed by atoms with Gasteiger partial charge in [-0.1, -0.05) is 6.07 Å². The minimum Gasteiger partial charge on any atom is -0.486 e. The first kappa shape index (κ1) is 14.6. The number of hydrogen-bond acceptors (Lipinski definition) is 5. The lowest BCUT2D eigenvalue weighted by Gasteiger charge is -2.32. The van der Waals surface area contributed by atoms with Crippen LogP contribution in [-0.2, 0) is 4.74 Å². The third-order valence-electron chi connectivity index (χ3n) is 4.34. The van der Waals surface area contributed by atoms with Gasteiger partial charge in [-0.2, -0.15) is 0 Å². The summed E-state index contributed by atoms with van der Waals surface area (Å²) in [5.41, 5.74) is 6.92. The summed E-state index contributed by atoms with van der Waals surface area (Å²) >= 11 is 0. The maximum atomic E-state index is 10.7. The van der Waals surface area contributed by atoms with Gasteiger partial charge in [-0.3, -0.25) is 0 Å². The highest BCUT2D eigenvalue weighted by molar-refractivity contribution is 5.45. The van der Waals surface area contributed by atoms with Gasteiger partial charge in [0.2, 0.25) is 0 Å². The van der Waals surface area contributed by atoms with E-state index in [0.717, 1.165) is 36.5 Å². The second-order valence-corrected chi connectivity index (χ2v) is 5.71. The zero-order valence-corrected chi connectivity index (χ0v) is 12.2. The molecule has 2 aliphatic heterocycles. The Labute approximate surface area is 125 Å². The molecule has 0 amide bonds. The standard InChI is InChI=1S/C16H23NO4/c17-9-13(16(18)12-2-1-5-19-10-12)11-3-4-14-15(8-11)21-7-6-20-14/h3-4,8,12-13,16,18H,1-2,5-7,9-10,17H2. The van der Waals surface area contributed by atoms with E-state index in [1.54, 1.807) is 0 Å². The van der Waals surface area contributed by atoms with E-state index < -0.39 is 6.10 Å². The van der Waals surface area contributed by atoms with Crippen molar-refractivity contribution in [3.63, 3.8) is 0 Å². The van der Waals surface area contributed by atoms with Crippen LogP contribution in [0.25, 0.3) is 0 Å². The summed E-state index contributed by atoms with van der Waals surface area (Å²) in [5, 5.41) is 10.7. The molecule has 1 aromatic rings. The van der Waals surface area contributed by atoms with Crippen molar-refractivity contribution in [1.82, 2.24) is 0 Å². The number of fused-ring (bicyclic) bond motifs is 1. The molecule has 0 radical (unpaired) electrons. The normalized spacial score (nSPS) is 24.4. The molecule has 3 unspecified atom stereocenters. The largest absolute Gasteiger partial charge is 0.486 e. The fraction of sp³-hybridized carbons (Fsp3) is 0.625. The molecule has 1 saturated heterocycles. The van der Waals surface area contributed by atoms with E-state index in [4.69, 9.17) is 19.9 Å². The van der Waals surface area contributed by atoms with Crippen molar-refractivity contribution in [3.8, 4) is 11.5 Å². The molecule has 2 aliphatic rings. The van der Waals surface area contributed by atoms with E-state index in [0.29, 0.717) is 26.4 Å². The van der Waals surface area contributed by atoms with Gasteiger partial charge in [0.25, 0.3) is 0 Å². The fourth-order valence-corrected chi connectivity index (χ4v) is 3.13. The van der Waals surface area contributed by atoms with Crippen LogP contribution in [-0.4, -0.2) is 44.2 Å². The summed E-state index contributed by atoms with van der Waals surface area (Å²) in [6.45, 7) is 2.94.